The molecule has 64 valence electrons. The smallest absolute Gasteiger partial charge is 0.327 e. The molecule has 0 radical (unpaired) electrons. The molecule has 0 bridgehead atoms. The Hall–Kier alpha value is -0.910. The molecule has 0 aliphatic heterocycles. The van der Waals surface area contributed by atoms with Crippen LogP contribution in [0.2, 0.25) is 0 Å². The second kappa shape index (κ2) is 4.84. The molecule has 0 aliphatic rings. The molecule has 6 heteroatoms. The van der Waals surface area contributed by atoms with E-state index >= 15 is 0 Å². The van der Waals surface area contributed by atoms with Gasteiger partial charge in [-0.15, -0.1) is 0 Å². The molecule has 0 heterocycles. The zero-order valence-electron chi connectivity index (χ0n) is 6.03. The molecular weight excluding hydrogens is 168 g/mol. The Morgan fingerprint density at radius 1 is 1.73 bits per heavy atom. The van der Waals surface area contributed by atoms with Crippen LogP contribution in [0, 0.1) is 0 Å². The minimum atomic E-state index is -1.07. The molecule has 0 saturated carbocycles. The number of nitrogens with one attached hydrogen (secondary N) is 1. The Kier molecular flexibility index (Phi) is 4.44. The summed E-state index contributed by atoms with van der Waals surface area (Å²) in [4.78, 5) is 20.6. The lowest BCUT2D eigenvalue weighted by Crippen LogP contribution is -2.45. The van der Waals surface area contributed by atoms with E-state index in [0.717, 1.165) is 0 Å². The summed E-state index contributed by atoms with van der Waals surface area (Å²) in [6.07, 6.45) is 1.75. The van der Waals surface area contributed by atoms with Crippen LogP contribution in [0.5, 0.6) is 0 Å². The van der Waals surface area contributed by atoms with Gasteiger partial charge in [0.1, 0.15) is 6.04 Å². The second-order valence-electron chi connectivity index (χ2n) is 1.85. The van der Waals surface area contributed by atoms with Crippen LogP contribution < -0.4 is 11.1 Å². The Labute approximate surface area is 68.3 Å². The molecule has 2 amide bonds. The number of carbonyl (C=O) groups excluding carboxylic acids is 1. The molecule has 0 aromatic carbocycles. The predicted molar refractivity (Wildman–Crippen MR) is 42.5 cm³/mol. The summed E-state index contributed by atoms with van der Waals surface area (Å²) in [5.74, 6) is -0.753. The van der Waals surface area contributed by atoms with Gasteiger partial charge in [-0.25, -0.2) is 9.59 Å². The van der Waals surface area contributed by atoms with Crippen molar-refractivity contribution >= 4 is 23.8 Å². The van der Waals surface area contributed by atoms with E-state index in [9.17, 15) is 9.59 Å². The van der Waals surface area contributed by atoms with Crippen molar-refractivity contribution in [3.8, 4) is 0 Å². The van der Waals surface area contributed by atoms with Gasteiger partial charge in [0.25, 0.3) is 0 Å². The highest BCUT2D eigenvalue weighted by molar-refractivity contribution is 7.98. The van der Waals surface area contributed by atoms with Crippen molar-refractivity contribution in [2.75, 3.05) is 12.0 Å². The number of urea groups is 1. The average Bonchev–Trinajstić information content (AvgIpc) is 1.86. The van der Waals surface area contributed by atoms with Crippen LogP contribution >= 0.6 is 11.8 Å². The highest BCUT2D eigenvalue weighted by Gasteiger charge is 2.16. The lowest BCUT2D eigenvalue weighted by atomic mass is 10.3. The first kappa shape index (κ1) is 10.1. The number of carbonyl (C=O) groups is 2. The van der Waals surface area contributed by atoms with Crippen molar-refractivity contribution in [2.45, 2.75) is 6.04 Å². The number of carboxylic acids is 1. The number of nitrogens with two attached hydrogens (primary N) is 1. The van der Waals surface area contributed by atoms with Crippen LogP contribution in [0.25, 0.3) is 0 Å². The Balaban J connectivity index is 3.89. The maximum Gasteiger partial charge on any atom is 0.327 e. The first-order chi connectivity index (χ1) is 5.07. The SMILES string of the molecule is CSC[C@H](NC(N)=O)C(=O)O. The van der Waals surface area contributed by atoms with E-state index in [2.05, 4.69) is 5.32 Å². The first-order valence-electron chi connectivity index (χ1n) is 2.85. The third kappa shape index (κ3) is 4.49. The van der Waals surface area contributed by atoms with E-state index in [1.54, 1.807) is 6.26 Å². The number of carboxylic acid groups (broad SMARTS) is 1. The van der Waals surface area contributed by atoms with Gasteiger partial charge in [-0.1, -0.05) is 0 Å². The molecule has 11 heavy (non-hydrogen) atoms. The second-order valence-corrected chi connectivity index (χ2v) is 2.77. The third-order valence-electron chi connectivity index (χ3n) is 0.948. The summed E-state index contributed by atoms with van der Waals surface area (Å²) in [5, 5.41) is 10.6. The zero-order valence-corrected chi connectivity index (χ0v) is 6.85. The summed E-state index contributed by atoms with van der Waals surface area (Å²) < 4.78 is 0. The van der Waals surface area contributed by atoms with Crippen LogP contribution in [-0.4, -0.2) is 35.2 Å². The summed E-state index contributed by atoms with van der Waals surface area (Å²) in [6, 6.07) is -1.70. The van der Waals surface area contributed by atoms with Gasteiger partial charge >= 0.3 is 12.0 Å². The number of hydrogen-bond acceptors (Lipinski definition) is 3. The van der Waals surface area contributed by atoms with E-state index in [1.807, 2.05) is 0 Å². The topological polar surface area (TPSA) is 92.4 Å². The Morgan fingerprint density at radius 2 is 2.27 bits per heavy atom. The van der Waals surface area contributed by atoms with E-state index in [1.165, 1.54) is 11.8 Å². The normalized spacial score (nSPS) is 12.1. The van der Waals surface area contributed by atoms with Crippen LogP contribution in [0.15, 0.2) is 0 Å². The molecule has 0 saturated heterocycles. The van der Waals surface area contributed by atoms with Crippen molar-refractivity contribution in [3.05, 3.63) is 0 Å². The van der Waals surface area contributed by atoms with Gasteiger partial charge in [0.15, 0.2) is 0 Å². The van der Waals surface area contributed by atoms with E-state index in [0.29, 0.717) is 5.75 Å². The largest absolute Gasteiger partial charge is 0.480 e. The molecule has 0 unspecified atom stereocenters. The third-order valence-corrected chi connectivity index (χ3v) is 1.61. The molecule has 0 aliphatic carbocycles. The van der Waals surface area contributed by atoms with Crippen molar-refractivity contribution < 1.29 is 14.7 Å². The zero-order chi connectivity index (χ0) is 8.85. The maximum atomic E-state index is 10.3. The minimum Gasteiger partial charge on any atom is -0.480 e. The average molecular weight is 178 g/mol. The molecular formula is C5H10N2O3S. The maximum absolute atomic E-state index is 10.3. The van der Waals surface area contributed by atoms with Crippen molar-refractivity contribution in [3.63, 3.8) is 0 Å². The lowest BCUT2D eigenvalue weighted by Gasteiger charge is -2.09. The summed E-state index contributed by atoms with van der Waals surface area (Å²) in [7, 11) is 0. The molecule has 1 atom stereocenters. The Morgan fingerprint density at radius 3 is 2.55 bits per heavy atom. The standard InChI is InChI=1S/C5H10N2O3S/c1-11-2-3(4(8)9)7-5(6)10/h3H,2H2,1H3,(H,8,9)(H3,6,7,10)/t3-/m0/s1. The highest BCUT2D eigenvalue weighted by atomic mass is 32.2. The summed E-state index contributed by atoms with van der Waals surface area (Å²) in [5.41, 5.74) is 4.74. The number of aliphatic carboxylic acids is 1. The fourth-order valence-electron chi connectivity index (χ4n) is 0.513. The van der Waals surface area contributed by atoms with Crippen LogP contribution in [-0.2, 0) is 4.79 Å². The molecule has 0 aromatic rings. The van der Waals surface area contributed by atoms with Crippen LogP contribution in [0.1, 0.15) is 0 Å². The van der Waals surface area contributed by atoms with Gasteiger partial charge in [-0.2, -0.15) is 11.8 Å². The van der Waals surface area contributed by atoms with Gasteiger partial charge in [0.2, 0.25) is 0 Å². The van der Waals surface area contributed by atoms with Crippen molar-refractivity contribution in [2.24, 2.45) is 5.73 Å². The van der Waals surface area contributed by atoms with Gasteiger partial charge in [-0.05, 0) is 6.26 Å². The van der Waals surface area contributed by atoms with Crippen LogP contribution in [0.3, 0.4) is 0 Å². The fourth-order valence-corrected chi connectivity index (χ4v) is 1.07. The molecule has 0 fully saturated rings. The fraction of sp³-hybridized carbons (Fsp3) is 0.600. The monoisotopic (exact) mass is 178 g/mol. The number of rotatable bonds is 4. The van der Waals surface area contributed by atoms with Gasteiger partial charge in [-0.3, -0.25) is 0 Å². The summed E-state index contributed by atoms with van der Waals surface area (Å²) in [6.45, 7) is 0. The van der Waals surface area contributed by atoms with Crippen LogP contribution in [0.4, 0.5) is 4.79 Å². The van der Waals surface area contributed by atoms with E-state index in [-0.39, 0.29) is 0 Å². The molecule has 0 aromatic heterocycles. The minimum absolute atomic E-state index is 0.318. The molecule has 5 nitrogen and oxygen atoms in total. The van der Waals surface area contributed by atoms with Crippen molar-refractivity contribution in [1.82, 2.24) is 5.32 Å². The first-order valence-corrected chi connectivity index (χ1v) is 4.25. The number of amides is 2. The van der Waals surface area contributed by atoms with E-state index in [4.69, 9.17) is 10.8 Å². The molecule has 0 spiro atoms. The molecule has 0 rings (SSSR count). The lowest BCUT2D eigenvalue weighted by molar-refractivity contribution is -0.138. The Bertz CT molecular complexity index is 162. The molecule has 4 N–H and O–H groups in total. The van der Waals surface area contributed by atoms with Crippen molar-refractivity contribution in [1.29, 1.82) is 0 Å². The number of hydrogen-bond donors (Lipinski definition) is 3. The summed E-state index contributed by atoms with van der Waals surface area (Å²) >= 11 is 1.33. The predicted octanol–water partition coefficient (Wildman–Crippen LogP) is -0.529. The number of thioether (sulfide) groups is 1. The van der Waals surface area contributed by atoms with E-state index < -0.39 is 18.0 Å². The van der Waals surface area contributed by atoms with Gasteiger partial charge < -0.3 is 16.2 Å². The quantitative estimate of drug-likeness (QED) is 0.539. The van der Waals surface area contributed by atoms with Gasteiger partial charge in [0.05, 0.1) is 0 Å². The number of primary amides is 1. The highest BCUT2D eigenvalue weighted by Crippen LogP contribution is 1.96. The van der Waals surface area contributed by atoms with Gasteiger partial charge in [0, 0.05) is 5.75 Å².